The van der Waals surface area contributed by atoms with Crippen LogP contribution in [-0.2, 0) is 16.0 Å². The standard InChI is InChI=1S/C18H23N7O2/c1-11-8-14(20-15(26)9-12-6-4-3-5-7-12)25(23-11)18-21-16-13(17(27)22-18)10-19-24(16)2/h3-8,13,16,18-19,21H,9-10H2,1-2H3,(H,20,26)(H,22,27). The highest BCUT2D eigenvalue weighted by molar-refractivity contribution is 5.91. The molecule has 0 saturated carbocycles. The van der Waals surface area contributed by atoms with Crippen molar-refractivity contribution in [1.82, 2.24) is 30.8 Å². The third-order valence-corrected chi connectivity index (χ3v) is 4.88. The number of benzene rings is 1. The normalized spacial score (nSPS) is 25.1. The Morgan fingerprint density at radius 1 is 1.33 bits per heavy atom. The fraction of sp³-hybridized carbons (Fsp3) is 0.389. The first-order chi connectivity index (χ1) is 13.0. The maximum absolute atomic E-state index is 12.4. The molecule has 9 nitrogen and oxygen atoms in total. The van der Waals surface area contributed by atoms with Crippen molar-refractivity contribution in [2.24, 2.45) is 5.92 Å². The number of hydrazine groups is 1. The lowest BCUT2D eigenvalue weighted by molar-refractivity contribution is -0.131. The number of carbonyl (C=O) groups excluding carboxylic acids is 2. The third kappa shape index (κ3) is 3.57. The van der Waals surface area contributed by atoms with Crippen molar-refractivity contribution in [3.63, 3.8) is 0 Å². The largest absolute Gasteiger partial charge is 0.321 e. The number of anilines is 1. The number of carbonyl (C=O) groups is 2. The Kier molecular flexibility index (Phi) is 4.65. The van der Waals surface area contributed by atoms with Crippen LogP contribution in [-0.4, -0.2) is 46.4 Å². The van der Waals surface area contributed by atoms with Crippen LogP contribution in [0.15, 0.2) is 36.4 Å². The Labute approximate surface area is 157 Å². The minimum atomic E-state index is -0.540. The molecule has 3 heterocycles. The van der Waals surface area contributed by atoms with Gasteiger partial charge in [0, 0.05) is 19.7 Å². The zero-order valence-electron chi connectivity index (χ0n) is 15.3. The Bertz CT molecular complexity index is 851. The van der Waals surface area contributed by atoms with Crippen molar-refractivity contribution in [2.75, 3.05) is 18.9 Å². The van der Waals surface area contributed by atoms with Crippen LogP contribution in [0.3, 0.4) is 0 Å². The van der Waals surface area contributed by atoms with Crippen LogP contribution in [0.25, 0.3) is 0 Å². The second-order valence-electron chi connectivity index (χ2n) is 6.93. The number of aryl methyl sites for hydroxylation is 1. The van der Waals surface area contributed by atoms with E-state index in [1.54, 1.807) is 10.7 Å². The lowest BCUT2D eigenvalue weighted by Gasteiger charge is -2.35. The molecular formula is C18H23N7O2. The van der Waals surface area contributed by atoms with Gasteiger partial charge in [-0.2, -0.15) is 5.10 Å². The van der Waals surface area contributed by atoms with Gasteiger partial charge in [0.1, 0.15) is 5.82 Å². The van der Waals surface area contributed by atoms with Gasteiger partial charge >= 0.3 is 0 Å². The zero-order valence-corrected chi connectivity index (χ0v) is 15.3. The number of nitrogens with one attached hydrogen (secondary N) is 4. The Balaban J connectivity index is 1.51. The zero-order chi connectivity index (χ0) is 19.0. The fourth-order valence-electron chi connectivity index (χ4n) is 3.54. The molecule has 4 rings (SSSR count). The highest BCUT2D eigenvalue weighted by atomic mass is 16.2. The lowest BCUT2D eigenvalue weighted by Crippen LogP contribution is -2.61. The van der Waals surface area contributed by atoms with Crippen molar-refractivity contribution in [1.29, 1.82) is 0 Å². The summed E-state index contributed by atoms with van der Waals surface area (Å²) < 4.78 is 1.61. The molecular weight excluding hydrogens is 346 g/mol. The summed E-state index contributed by atoms with van der Waals surface area (Å²) in [6.07, 6.45) is -0.407. The minimum Gasteiger partial charge on any atom is -0.321 e. The van der Waals surface area contributed by atoms with E-state index < -0.39 is 6.29 Å². The molecule has 2 aromatic rings. The first-order valence-electron chi connectivity index (χ1n) is 8.94. The molecule has 1 aromatic heterocycles. The van der Waals surface area contributed by atoms with Gasteiger partial charge in [0.05, 0.1) is 24.2 Å². The predicted molar refractivity (Wildman–Crippen MR) is 99.1 cm³/mol. The van der Waals surface area contributed by atoms with Crippen LogP contribution >= 0.6 is 0 Å². The number of hydrogen-bond acceptors (Lipinski definition) is 6. The van der Waals surface area contributed by atoms with E-state index in [-0.39, 0.29) is 30.3 Å². The van der Waals surface area contributed by atoms with Crippen molar-refractivity contribution in [3.8, 4) is 0 Å². The van der Waals surface area contributed by atoms with E-state index >= 15 is 0 Å². The molecule has 0 spiro atoms. The van der Waals surface area contributed by atoms with Crippen molar-refractivity contribution in [3.05, 3.63) is 47.7 Å². The summed E-state index contributed by atoms with van der Waals surface area (Å²) in [4.78, 5) is 24.9. The molecule has 4 N–H and O–H groups in total. The number of aromatic nitrogens is 2. The molecule has 2 saturated heterocycles. The molecule has 3 atom stereocenters. The van der Waals surface area contributed by atoms with Gasteiger partial charge < -0.3 is 10.6 Å². The van der Waals surface area contributed by atoms with Crippen LogP contribution in [0.1, 0.15) is 17.5 Å². The lowest BCUT2D eigenvalue weighted by atomic mass is 10.1. The van der Waals surface area contributed by atoms with Gasteiger partial charge in [0.25, 0.3) is 0 Å². The quantitative estimate of drug-likeness (QED) is 0.602. The molecule has 0 aliphatic carbocycles. The van der Waals surface area contributed by atoms with E-state index in [2.05, 4.69) is 26.5 Å². The van der Waals surface area contributed by atoms with E-state index in [4.69, 9.17) is 0 Å². The Hall–Kier alpha value is -2.75. The average Bonchev–Trinajstić information content (AvgIpc) is 3.19. The minimum absolute atomic E-state index is 0.0460. The highest BCUT2D eigenvalue weighted by Gasteiger charge is 2.43. The summed E-state index contributed by atoms with van der Waals surface area (Å²) in [5, 5.41) is 15.5. The highest BCUT2D eigenvalue weighted by Crippen LogP contribution is 2.23. The van der Waals surface area contributed by atoms with Crippen LogP contribution < -0.4 is 21.4 Å². The van der Waals surface area contributed by atoms with E-state index in [1.807, 2.05) is 49.3 Å². The number of fused-ring (bicyclic) bond motifs is 1. The van der Waals surface area contributed by atoms with Gasteiger partial charge in [-0.1, -0.05) is 30.3 Å². The van der Waals surface area contributed by atoms with Gasteiger partial charge in [0.15, 0.2) is 6.29 Å². The summed E-state index contributed by atoms with van der Waals surface area (Å²) >= 11 is 0. The van der Waals surface area contributed by atoms with Gasteiger partial charge in [-0.3, -0.25) is 20.3 Å². The third-order valence-electron chi connectivity index (χ3n) is 4.88. The predicted octanol–water partition coefficient (Wildman–Crippen LogP) is -0.0595. The topological polar surface area (TPSA) is 103 Å². The number of amides is 2. The number of nitrogens with zero attached hydrogens (tertiary/aromatic N) is 3. The van der Waals surface area contributed by atoms with E-state index in [0.29, 0.717) is 12.4 Å². The summed E-state index contributed by atoms with van der Waals surface area (Å²) in [7, 11) is 1.89. The van der Waals surface area contributed by atoms with Gasteiger partial charge in [-0.15, -0.1) is 0 Å². The summed E-state index contributed by atoms with van der Waals surface area (Å²) in [6.45, 7) is 2.44. The van der Waals surface area contributed by atoms with E-state index in [0.717, 1.165) is 11.3 Å². The molecule has 142 valence electrons. The first-order valence-corrected chi connectivity index (χ1v) is 8.94. The first kappa shape index (κ1) is 17.7. The van der Waals surface area contributed by atoms with Crippen LogP contribution in [0.5, 0.6) is 0 Å². The monoisotopic (exact) mass is 369 g/mol. The van der Waals surface area contributed by atoms with Crippen molar-refractivity contribution < 1.29 is 9.59 Å². The molecule has 0 radical (unpaired) electrons. The second kappa shape index (κ2) is 7.10. The summed E-state index contributed by atoms with van der Waals surface area (Å²) in [5.41, 5.74) is 4.84. The molecule has 27 heavy (non-hydrogen) atoms. The molecule has 1 aromatic carbocycles. The van der Waals surface area contributed by atoms with Crippen LogP contribution in [0, 0.1) is 12.8 Å². The summed E-state index contributed by atoms with van der Waals surface area (Å²) in [6, 6.07) is 11.3. The Morgan fingerprint density at radius 2 is 2.11 bits per heavy atom. The molecule has 2 fully saturated rings. The molecule has 0 bridgehead atoms. The molecule has 2 amide bonds. The van der Waals surface area contributed by atoms with Crippen LogP contribution in [0.4, 0.5) is 5.82 Å². The van der Waals surface area contributed by atoms with Crippen molar-refractivity contribution >= 4 is 17.6 Å². The van der Waals surface area contributed by atoms with Crippen molar-refractivity contribution in [2.45, 2.75) is 25.8 Å². The molecule has 2 aliphatic heterocycles. The average molecular weight is 369 g/mol. The Morgan fingerprint density at radius 3 is 2.89 bits per heavy atom. The number of rotatable bonds is 4. The van der Waals surface area contributed by atoms with Gasteiger partial charge in [-0.05, 0) is 12.5 Å². The van der Waals surface area contributed by atoms with Gasteiger partial charge in [0.2, 0.25) is 11.8 Å². The fourth-order valence-corrected chi connectivity index (χ4v) is 3.54. The second-order valence-corrected chi connectivity index (χ2v) is 6.93. The maximum atomic E-state index is 12.4. The SMILES string of the molecule is Cc1cc(NC(=O)Cc2ccccc2)n(C2NC(=O)C3CNN(C)C3N2)n1. The maximum Gasteiger partial charge on any atom is 0.230 e. The van der Waals surface area contributed by atoms with E-state index in [9.17, 15) is 9.59 Å². The molecule has 2 aliphatic rings. The molecule has 9 heteroatoms. The molecule has 3 unspecified atom stereocenters. The summed E-state index contributed by atoms with van der Waals surface area (Å²) in [5.74, 6) is 0.189. The number of hydrogen-bond donors (Lipinski definition) is 4. The van der Waals surface area contributed by atoms with Crippen LogP contribution in [0.2, 0.25) is 0 Å². The van der Waals surface area contributed by atoms with Gasteiger partial charge in [-0.25, -0.2) is 9.69 Å². The van der Waals surface area contributed by atoms with E-state index in [1.165, 1.54) is 0 Å². The smallest absolute Gasteiger partial charge is 0.230 e.